The van der Waals surface area contributed by atoms with E-state index >= 15 is 0 Å². The number of benzene rings is 1. The molecule has 25 heavy (non-hydrogen) atoms. The van der Waals surface area contributed by atoms with Gasteiger partial charge in [0.15, 0.2) is 6.10 Å². The van der Waals surface area contributed by atoms with E-state index in [-0.39, 0.29) is 18.0 Å². The number of ether oxygens (including phenoxy) is 1. The molecule has 0 radical (unpaired) electrons. The van der Waals surface area contributed by atoms with Crippen molar-refractivity contribution in [1.82, 2.24) is 10.2 Å². The van der Waals surface area contributed by atoms with Crippen molar-refractivity contribution in [1.29, 1.82) is 0 Å². The molecule has 6 nitrogen and oxygen atoms in total. The van der Waals surface area contributed by atoms with Crippen LogP contribution < -0.4 is 15.4 Å². The maximum Gasteiger partial charge on any atom is 0.318 e. The minimum atomic E-state index is -0.462. The highest BCUT2D eigenvalue weighted by molar-refractivity contribution is 5.97. The maximum absolute atomic E-state index is 12.4. The number of urea groups is 1. The molecule has 3 amide bonds. The highest BCUT2D eigenvalue weighted by atomic mass is 16.5. The topological polar surface area (TPSA) is 70.7 Å². The number of carbonyl (C=O) groups is 2. The smallest absolute Gasteiger partial charge is 0.318 e. The minimum Gasteiger partial charge on any atom is -0.478 e. The van der Waals surface area contributed by atoms with Gasteiger partial charge in [-0.1, -0.05) is 24.6 Å². The standard InChI is InChI=1S/C19H25N3O3/c1-4-16-18(23)21-15-6-5-14(11-17(15)25-16)13(3)20-19(24)22-9-7-12(2)8-10-22/h5-7,11,13,16H,4,8-10H2,1-3H3,(H,20,24)(H,21,23)/t13-,16-/m0/s1. The Hall–Kier alpha value is -2.50. The van der Waals surface area contributed by atoms with Crippen LogP contribution in [0.4, 0.5) is 10.5 Å². The molecule has 134 valence electrons. The summed E-state index contributed by atoms with van der Waals surface area (Å²) in [6.07, 6.45) is 3.17. The van der Waals surface area contributed by atoms with Crippen molar-refractivity contribution in [3.05, 3.63) is 35.4 Å². The molecule has 2 aliphatic rings. The molecule has 2 atom stereocenters. The fourth-order valence-corrected chi connectivity index (χ4v) is 3.01. The number of rotatable bonds is 3. The molecule has 0 unspecified atom stereocenters. The van der Waals surface area contributed by atoms with E-state index in [1.54, 1.807) is 0 Å². The Morgan fingerprint density at radius 2 is 2.28 bits per heavy atom. The quantitative estimate of drug-likeness (QED) is 0.828. The van der Waals surface area contributed by atoms with Gasteiger partial charge in [0.1, 0.15) is 5.75 Å². The Kier molecular flexibility index (Phi) is 4.97. The van der Waals surface area contributed by atoms with Crippen molar-refractivity contribution in [2.24, 2.45) is 0 Å². The van der Waals surface area contributed by atoms with Gasteiger partial charge in [-0.15, -0.1) is 0 Å². The first kappa shape index (κ1) is 17.3. The van der Waals surface area contributed by atoms with Gasteiger partial charge in [0.25, 0.3) is 5.91 Å². The number of nitrogens with zero attached hydrogens (tertiary/aromatic N) is 1. The predicted molar refractivity (Wildman–Crippen MR) is 96.7 cm³/mol. The molecule has 2 N–H and O–H groups in total. The molecule has 1 aromatic carbocycles. The molecule has 0 aromatic heterocycles. The maximum atomic E-state index is 12.4. The van der Waals surface area contributed by atoms with E-state index in [0.29, 0.717) is 24.4 Å². The van der Waals surface area contributed by atoms with Gasteiger partial charge in [-0.2, -0.15) is 0 Å². The molecule has 0 saturated heterocycles. The first-order valence-electron chi connectivity index (χ1n) is 8.80. The van der Waals surface area contributed by atoms with Crippen LogP contribution in [0.25, 0.3) is 0 Å². The normalized spacial score (nSPS) is 20.8. The lowest BCUT2D eigenvalue weighted by Gasteiger charge is -2.28. The molecule has 2 aliphatic heterocycles. The van der Waals surface area contributed by atoms with Crippen LogP contribution in [-0.4, -0.2) is 36.0 Å². The van der Waals surface area contributed by atoms with Crippen LogP contribution >= 0.6 is 0 Å². The van der Waals surface area contributed by atoms with Crippen LogP contribution in [0.2, 0.25) is 0 Å². The van der Waals surface area contributed by atoms with E-state index in [1.807, 2.05) is 36.9 Å². The summed E-state index contributed by atoms with van der Waals surface area (Å²) in [7, 11) is 0. The van der Waals surface area contributed by atoms with Gasteiger partial charge in [-0.05, 0) is 44.4 Å². The second-order valence-electron chi connectivity index (χ2n) is 6.68. The summed E-state index contributed by atoms with van der Waals surface area (Å²) >= 11 is 0. The summed E-state index contributed by atoms with van der Waals surface area (Å²) in [6, 6.07) is 5.41. The van der Waals surface area contributed by atoms with E-state index in [9.17, 15) is 9.59 Å². The number of amides is 3. The molecule has 1 aromatic rings. The summed E-state index contributed by atoms with van der Waals surface area (Å²) in [4.78, 5) is 26.1. The van der Waals surface area contributed by atoms with Gasteiger partial charge < -0.3 is 20.3 Å². The largest absolute Gasteiger partial charge is 0.478 e. The third-order valence-electron chi connectivity index (χ3n) is 4.76. The number of nitrogens with one attached hydrogen (secondary N) is 2. The van der Waals surface area contributed by atoms with Crippen molar-refractivity contribution in [2.75, 3.05) is 18.4 Å². The Bertz CT molecular complexity index is 714. The number of hydrogen-bond acceptors (Lipinski definition) is 3. The zero-order chi connectivity index (χ0) is 18.0. The Morgan fingerprint density at radius 1 is 1.48 bits per heavy atom. The molecule has 2 heterocycles. The molecule has 3 rings (SSSR count). The second-order valence-corrected chi connectivity index (χ2v) is 6.68. The summed E-state index contributed by atoms with van der Waals surface area (Å²) in [5, 5.41) is 5.89. The van der Waals surface area contributed by atoms with Crippen molar-refractivity contribution >= 4 is 17.6 Å². The van der Waals surface area contributed by atoms with Crippen molar-refractivity contribution in [3.8, 4) is 5.75 Å². The lowest BCUT2D eigenvalue weighted by molar-refractivity contribution is -0.123. The number of hydrogen-bond donors (Lipinski definition) is 2. The van der Waals surface area contributed by atoms with Crippen LogP contribution in [-0.2, 0) is 4.79 Å². The summed E-state index contributed by atoms with van der Waals surface area (Å²) in [6.45, 7) is 7.35. The number of fused-ring (bicyclic) bond motifs is 1. The Morgan fingerprint density at radius 3 is 2.96 bits per heavy atom. The average Bonchev–Trinajstić information content (AvgIpc) is 2.61. The van der Waals surface area contributed by atoms with Gasteiger partial charge >= 0.3 is 6.03 Å². The van der Waals surface area contributed by atoms with Crippen LogP contribution in [0.1, 0.15) is 45.2 Å². The monoisotopic (exact) mass is 343 g/mol. The van der Waals surface area contributed by atoms with Crippen molar-refractivity contribution < 1.29 is 14.3 Å². The zero-order valence-electron chi connectivity index (χ0n) is 15.0. The van der Waals surface area contributed by atoms with Crippen molar-refractivity contribution in [2.45, 2.75) is 45.8 Å². The highest BCUT2D eigenvalue weighted by Gasteiger charge is 2.27. The molecular weight excluding hydrogens is 318 g/mol. The second kappa shape index (κ2) is 7.17. The van der Waals surface area contributed by atoms with Gasteiger partial charge in [0.2, 0.25) is 0 Å². The van der Waals surface area contributed by atoms with Crippen LogP contribution in [0.3, 0.4) is 0 Å². The first-order chi connectivity index (χ1) is 12.0. The van der Waals surface area contributed by atoms with E-state index in [4.69, 9.17) is 4.74 Å². The van der Waals surface area contributed by atoms with E-state index in [2.05, 4.69) is 23.6 Å². The number of anilines is 1. The van der Waals surface area contributed by atoms with Gasteiger partial charge in [0.05, 0.1) is 11.7 Å². The van der Waals surface area contributed by atoms with Crippen molar-refractivity contribution in [3.63, 3.8) is 0 Å². The minimum absolute atomic E-state index is 0.0605. The lowest BCUT2D eigenvalue weighted by Crippen LogP contribution is -2.43. The van der Waals surface area contributed by atoms with Gasteiger partial charge in [-0.3, -0.25) is 4.79 Å². The predicted octanol–water partition coefficient (Wildman–Crippen LogP) is 3.22. The van der Waals surface area contributed by atoms with Crippen LogP contribution in [0.15, 0.2) is 29.8 Å². The van der Waals surface area contributed by atoms with Crippen LogP contribution in [0, 0.1) is 0 Å². The third-order valence-corrected chi connectivity index (χ3v) is 4.76. The highest BCUT2D eigenvalue weighted by Crippen LogP contribution is 2.33. The molecule has 0 spiro atoms. The summed E-state index contributed by atoms with van der Waals surface area (Å²) in [5.74, 6) is 0.541. The first-order valence-corrected chi connectivity index (χ1v) is 8.80. The average molecular weight is 343 g/mol. The molecule has 0 bridgehead atoms. The molecule has 0 aliphatic carbocycles. The molecule has 0 saturated carbocycles. The van der Waals surface area contributed by atoms with E-state index in [1.165, 1.54) is 5.57 Å². The van der Waals surface area contributed by atoms with Gasteiger partial charge in [-0.25, -0.2) is 4.79 Å². The number of carbonyl (C=O) groups excluding carboxylic acids is 2. The molecular formula is C19H25N3O3. The zero-order valence-corrected chi connectivity index (χ0v) is 15.0. The van der Waals surface area contributed by atoms with E-state index < -0.39 is 6.10 Å². The Labute approximate surface area is 148 Å². The van der Waals surface area contributed by atoms with Gasteiger partial charge in [0, 0.05) is 13.1 Å². The SMILES string of the molecule is CC[C@@H]1Oc2cc([C@H](C)NC(=O)N3CC=C(C)CC3)ccc2NC1=O. The fraction of sp³-hybridized carbons (Fsp3) is 0.474. The fourth-order valence-electron chi connectivity index (χ4n) is 3.01. The lowest BCUT2D eigenvalue weighted by atomic mass is 10.1. The van der Waals surface area contributed by atoms with Crippen LogP contribution in [0.5, 0.6) is 5.75 Å². The summed E-state index contributed by atoms with van der Waals surface area (Å²) in [5.41, 5.74) is 2.95. The third kappa shape index (κ3) is 3.78. The van der Waals surface area contributed by atoms with E-state index in [0.717, 1.165) is 18.5 Å². The molecule has 6 heteroatoms. The molecule has 0 fully saturated rings. The summed E-state index contributed by atoms with van der Waals surface area (Å²) < 4.78 is 5.77. The Balaban J connectivity index is 1.68.